The molecule has 0 unspecified atom stereocenters. The Hall–Kier alpha value is -3.07. The van der Waals surface area contributed by atoms with Crippen molar-refractivity contribution in [2.24, 2.45) is 0 Å². The fourth-order valence-corrected chi connectivity index (χ4v) is 6.63. The van der Waals surface area contributed by atoms with E-state index in [1.54, 1.807) is 43.3 Å². The molecular weight excluding hydrogens is 593 g/mol. The predicted molar refractivity (Wildman–Crippen MR) is 169 cm³/mol. The first-order valence-corrected chi connectivity index (χ1v) is 16.7. The summed E-state index contributed by atoms with van der Waals surface area (Å²) in [5.74, 6) is -0.796. The van der Waals surface area contributed by atoms with Crippen molar-refractivity contribution in [2.45, 2.75) is 64.1 Å². The molecule has 1 saturated carbocycles. The lowest BCUT2D eigenvalue weighted by atomic mass is 9.94. The van der Waals surface area contributed by atoms with Crippen LogP contribution in [0.1, 0.15) is 48.8 Å². The van der Waals surface area contributed by atoms with Crippen molar-refractivity contribution in [1.82, 2.24) is 10.2 Å². The minimum atomic E-state index is -3.89. The van der Waals surface area contributed by atoms with E-state index in [1.807, 2.05) is 36.4 Å². The van der Waals surface area contributed by atoms with E-state index in [4.69, 9.17) is 23.2 Å². The summed E-state index contributed by atoms with van der Waals surface area (Å²) in [7, 11) is -3.89. The first kappa shape index (κ1) is 31.9. The largest absolute Gasteiger partial charge is 0.352 e. The Morgan fingerprint density at radius 3 is 2.21 bits per heavy atom. The number of rotatable bonds is 11. The van der Waals surface area contributed by atoms with Crippen molar-refractivity contribution in [3.05, 3.63) is 99.5 Å². The lowest BCUT2D eigenvalue weighted by Crippen LogP contribution is -2.55. The zero-order chi connectivity index (χ0) is 30.3. The monoisotopic (exact) mass is 629 g/mol. The number of anilines is 1. The molecule has 0 bridgehead atoms. The van der Waals surface area contributed by atoms with E-state index in [2.05, 4.69) is 5.32 Å². The summed E-state index contributed by atoms with van der Waals surface area (Å²) in [5, 5.41) is 4.03. The van der Waals surface area contributed by atoms with E-state index >= 15 is 0 Å². The fourth-order valence-electron chi connectivity index (χ4n) is 5.37. The van der Waals surface area contributed by atoms with E-state index in [9.17, 15) is 18.0 Å². The van der Waals surface area contributed by atoms with Crippen molar-refractivity contribution < 1.29 is 18.0 Å². The van der Waals surface area contributed by atoms with E-state index in [0.29, 0.717) is 26.9 Å². The fraction of sp³-hybridized carbons (Fsp3) is 0.375. The van der Waals surface area contributed by atoms with Crippen molar-refractivity contribution in [3.63, 3.8) is 0 Å². The van der Waals surface area contributed by atoms with E-state index in [1.165, 1.54) is 4.90 Å². The lowest BCUT2D eigenvalue weighted by molar-refractivity contribution is -0.140. The average Bonchev–Trinajstić information content (AvgIpc) is 2.96. The van der Waals surface area contributed by atoms with E-state index in [-0.39, 0.29) is 24.9 Å². The Balaban J connectivity index is 1.75. The van der Waals surface area contributed by atoms with Gasteiger partial charge in [0.1, 0.15) is 12.6 Å². The normalized spacial score (nSPS) is 14.7. The molecular formula is C32H37Cl2N3O4S. The van der Waals surface area contributed by atoms with E-state index < -0.39 is 28.5 Å². The molecule has 3 aromatic rings. The lowest BCUT2D eigenvalue weighted by Gasteiger charge is -2.35. The second-order valence-electron chi connectivity index (χ2n) is 10.8. The van der Waals surface area contributed by atoms with Gasteiger partial charge in [0.25, 0.3) is 0 Å². The minimum Gasteiger partial charge on any atom is -0.352 e. The van der Waals surface area contributed by atoms with Gasteiger partial charge in [-0.15, -0.1) is 0 Å². The van der Waals surface area contributed by atoms with Crippen molar-refractivity contribution in [3.8, 4) is 0 Å². The molecule has 4 rings (SSSR count). The number of amides is 2. The molecule has 224 valence electrons. The number of sulfonamides is 1. The quantitative estimate of drug-likeness (QED) is 0.275. The summed E-state index contributed by atoms with van der Waals surface area (Å²) in [5.41, 5.74) is 2.37. The van der Waals surface area contributed by atoms with Gasteiger partial charge < -0.3 is 10.2 Å². The first-order valence-electron chi connectivity index (χ1n) is 14.1. The molecule has 3 aromatic carbocycles. The number of carbonyl (C=O) groups excluding carboxylic acids is 2. The highest BCUT2D eigenvalue weighted by Crippen LogP contribution is 2.29. The summed E-state index contributed by atoms with van der Waals surface area (Å²) in [6.45, 7) is 1.23. The summed E-state index contributed by atoms with van der Waals surface area (Å²) < 4.78 is 27.1. The molecule has 0 aliphatic heterocycles. The molecule has 7 nitrogen and oxygen atoms in total. The van der Waals surface area contributed by atoms with Gasteiger partial charge in [0.05, 0.1) is 11.9 Å². The Morgan fingerprint density at radius 1 is 0.905 bits per heavy atom. The molecule has 0 radical (unpaired) electrons. The van der Waals surface area contributed by atoms with Crippen LogP contribution in [0.15, 0.2) is 72.8 Å². The van der Waals surface area contributed by atoms with Crippen LogP contribution in [0.5, 0.6) is 0 Å². The highest BCUT2D eigenvalue weighted by Gasteiger charge is 2.34. The third-order valence-electron chi connectivity index (χ3n) is 7.71. The summed E-state index contributed by atoms with van der Waals surface area (Å²) in [6, 6.07) is 20.7. The number of carbonyl (C=O) groups is 2. The van der Waals surface area contributed by atoms with Crippen LogP contribution in [0.3, 0.4) is 0 Å². The summed E-state index contributed by atoms with van der Waals surface area (Å²) in [6.07, 6.45) is 6.30. The van der Waals surface area contributed by atoms with Crippen LogP contribution in [0.25, 0.3) is 0 Å². The molecule has 0 aromatic heterocycles. The van der Waals surface area contributed by atoms with Crippen LogP contribution >= 0.6 is 23.2 Å². The molecule has 1 aliphatic rings. The van der Waals surface area contributed by atoms with Crippen LogP contribution < -0.4 is 9.62 Å². The van der Waals surface area contributed by atoms with Crippen LogP contribution in [-0.2, 0) is 32.6 Å². The molecule has 1 aliphatic carbocycles. The van der Waals surface area contributed by atoms with Gasteiger partial charge in [0, 0.05) is 29.1 Å². The zero-order valence-electron chi connectivity index (χ0n) is 23.9. The number of nitrogens with one attached hydrogen (secondary N) is 1. The maximum atomic E-state index is 14.3. The zero-order valence-corrected chi connectivity index (χ0v) is 26.3. The molecule has 1 fully saturated rings. The SMILES string of the molecule is Cc1c(Cl)cccc1N(CC(=O)N(Cc1ccccc1Cl)[C@H](Cc1ccccc1)C(=O)NC1CCCCC1)S(C)(=O)=O. The highest BCUT2D eigenvalue weighted by atomic mass is 35.5. The molecule has 1 atom stereocenters. The Labute approximate surface area is 258 Å². The minimum absolute atomic E-state index is 0.0280. The standard InChI is InChI=1S/C32H37Cl2N3O4S/c1-23-27(33)18-11-19-29(23)37(42(2,40)41)22-31(38)36(21-25-14-9-10-17-28(25)34)30(20-24-12-5-3-6-13-24)32(39)35-26-15-7-4-8-16-26/h3,5-6,9-14,17-19,26,30H,4,7-8,15-16,20-22H2,1-2H3,(H,35,39)/t30-/m1/s1. The van der Waals surface area contributed by atoms with Crippen LogP contribution in [-0.4, -0.2) is 50.0 Å². The topological polar surface area (TPSA) is 86.8 Å². The van der Waals surface area contributed by atoms with Gasteiger partial charge in [-0.3, -0.25) is 13.9 Å². The van der Waals surface area contributed by atoms with Crippen molar-refractivity contribution >= 4 is 50.7 Å². The predicted octanol–water partition coefficient (Wildman–Crippen LogP) is 6.16. The molecule has 1 N–H and O–H groups in total. The number of nitrogens with zero attached hydrogens (tertiary/aromatic N) is 2. The third-order valence-corrected chi connectivity index (χ3v) is 9.61. The van der Waals surface area contributed by atoms with Crippen LogP contribution in [0.4, 0.5) is 5.69 Å². The second kappa shape index (κ2) is 14.4. The molecule has 42 heavy (non-hydrogen) atoms. The Kier molecular flexibility index (Phi) is 10.9. The van der Waals surface area contributed by atoms with Gasteiger partial charge >= 0.3 is 0 Å². The summed E-state index contributed by atoms with van der Waals surface area (Å²) in [4.78, 5) is 29.7. The number of hydrogen-bond donors (Lipinski definition) is 1. The van der Waals surface area contributed by atoms with Gasteiger partial charge in [-0.05, 0) is 54.7 Å². The number of halogens is 2. The van der Waals surface area contributed by atoms with Crippen LogP contribution in [0, 0.1) is 6.92 Å². The molecule has 0 heterocycles. The molecule has 2 amide bonds. The maximum Gasteiger partial charge on any atom is 0.244 e. The molecule has 0 saturated heterocycles. The van der Waals surface area contributed by atoms with Gasteiger partial charge in [0.2, 0.25) is 21.8 Å². The number of hydrogen-bond acceptors (Lipinski definition) is 4. The van der Waals surface area contributed by atoms with Crippen LogP contribution in [0.2, 0.25) is 10.0 Å². The smallest absolute Gasteiger partial charge is 0.244 e. The third kappa shape index (κ3) is 8.27. The highest BCUT2D eigenvalue weighted by molar-refractivity contribution is 7.92. The Morgan fingerprint density at radius 2 is 1.55 bits per heavy atom. The van der Waals surface area contributed by atoms with Crippen molar-refractivity contribution in [2.75, 3.05) is 17.1 Å². The second-order valence-corrected chi connectivity index (χ2v) is 13.5. The average molecular weight is 631 g/mol. The van der Waals surface area contributed by atoms with Gasteiger partial charge in [-0.1, -0.05) is 97.1 Å². The number of benzene rings is 3. The van der Waals surface area contributed by atoms with Crippen molar-refractivity contribution in [1.29, 1.82) is 0 Å². The molecule has 0 spiro atoms. The maximum absolute atomic E-state index is 14.3. The summed E-state index contributed by atoms with van der Waals surface area (Å²) >= 11 is 12.8. The molecule has 10 heteroatoms. The van der Waals surface area contributed by atoms with E-state index in [0.717, 1.165) is 48.2 Å². The first-order chi connectivity index (χ1) is 20.0. The van der Waals surface area contributed by atoms with Gasteiger partial charge in [-0.25, -0.2) is 8.42 Å². The van der Waals surface area contributed by atoms with Gasteiger partial charge in [-0.2, -0.15) is 0 Å². The Bertz CT molecular complexity index is 1490. The van der Waals surface area contributed by atoms with Gasteiger partial charge in [0.15, 0.2) is 0 Å².